The number of nitrogens with one attached hydrogen (secondary N) is 1. The van der Waals surface area contributed by atoms with Gasteiger partial charge in [-0.15, -0.1) is 0 Å². The Morgan fingerprint density at radius 3 is 2.44 bits per heavy atom. The van der Waals surface area contributed by atoms with E-state index in [1.54, 1.807) is 0 Å². The van der Waals surface area contributed by atoms with E-state index in [1.165, 1.54) is 0 Å². The zero-order chi connectivity index (χ0) is 17.8. The molecule has 1 heterocycles. The summed E-state index contributed by atoms with van der Waals surface area (Å²) in [5, 5.41) is 12.9. The maximum atomic E-state index is 13.0. The Morgan fingerprint density at radius 2 is 1.84 bits per heavy atom. The summed E-state index contributed by atoms with van der Waals surface area (Å²) in [6.07, 6.45) is 0.570. The summed E-state index contributed by atoms with van der Waals surface area (Å²) in [4.78, 5) is 15.2. The first-order valence-electron chi connectivity index (χ1n) is 8.89. The first kappa shape index (κ1) is 17.6. The van der Waals surface area contributed by atoms with Crippen LogP contribution in [0.2, 0.25) is 0 Å². The van der Waals surface area contributed by atoms with Gasteiger partial charge in [0.05, 0.1) is 6.10 Å². The van der Waals surface area contributed by atoms with Gasteiger partial charge in [0, 0.05) is 12.2 Å². The minimum atomic E-state index is -0.346. The number of rotatable bonds is 5. The maximum Gasteiger partial charge on any atom is 0.246 e. The largest absolute Gasteiger partial charge is 0.393 e. The monoisotopic (exact) mass is 338 g/mol. The standard InChI is InChI=1S/C21H26N2O2/c1-15-8-10-19(11-9-15)22-21(25)20(17-6-4-3-5-7-17)23-13-12-18(14-23)16(2)24/h3-11,16,18,20,24H,12-14H2,1-2H3,(H,22,25). The molecule has 0 bridgehead atoms. The normalized spacial score (nSPS) is 20.2. The topological polar surface area (TPSA) is 52.6 Å². The van der Waals surface area contributed by atoms with E-state index in [9.17, 15) is 9.90 Å². The Bertz CT molecular complexity index is 698. The van der Waals surface area contributed by atoms with E-state index < -0.39 is 0 Å². The number of anilines is 1. The highest BCUT2D eigenvalue weighted by molar-refractivity contribution is 5.95. The van der Waals surface area contributed by atoms with Gasteiger partial charge in [-0.2, -0.15) is 0 Å². The molecule has 132 valence electrons. The number of aliphatic hydroxyl groups excluding tert-OH is 1. The number of likely N-dealkylation sites (tertiary alicyclic amines) is 1. The molecule has 1 aliphatic rings. The van der Waals surface area contributed by atoms with Crippen molar-refractivity contribution >= 4 is 11.6 Å². The highest BCUT2D eigenvalue weighted by Crippen LogP contribution is 2.30. The van der Waals surface area contributed by atoms with Gasteiger partial charge in [0.15, 0.2) is 0 Å². The van der Waals surface area contributed by atoms with Crippen molar-refractivity contribution in [3.05, 3.63) is 65.7 Å². The molecule has 1 saturated heterocycles. The molecule has 1 amide bonds. The van der Waals surface area contributed by atoms with Crippen molar-refractivity contribution in [2.24, 2.45) is 5.92 Å². The van der Waals surface area contributed by atoms with Crippen LogP contribution in [0.1, 0.15) is 30.5 Å². The summed E-state index contributed by atoms with van der Waals surface area (Å²) < 4.78 is 0. The van der Waals surface area contributed by atoms with E-state index >= 15 is 0 Å². The summed E-state index contributed by atoms with van der Waals surface area (Å²) in [6, 6.07) is 17.4. The molecule has 3 atom stereocenters. The molecule has 0 radical (unpaired) electrons. The molecule has 3 rings (SSSR count). The minimum absolute atomic E-state index is 0.0266. The van der Waals surface area contributed by atoms with Crippen LogP contribution in [0.5, 0.6) is 0 Å². The number of carbonyl (C=O) groups excluding carboxylic acids is 1. The van der Waals surface area contributed by atoms with Gasteiger partial charge in [0.2, 0.25) is 5.91 Å². The molecule has 1 fully saturated rings. The molecule has 4 nitrogen and oxygen atoms in total. The van der Waals surface area contributed by atoms with E-state index in [4.69, 9.17) is 0 Å². The van der Waals surface area contributed by atoms with Crippen LogP contribution >= 0.6 is 0 Å². The highest BCUT2D eigenvalue weighted by Gasteiger charge is 2.35. The number of carbonyl (C=O) groups is 1. The number of nitrogens with zero attached hydrogens (tertiary/aromatic N) is 1. The van der Waals surface area contributed by atoms with Gasteiger partial charge in [0.25, 0.3) is 0 Å². The van der Waals surface area contributed by atoms with Crippen LogP contribution in [0.15, 0.2) is 54.6 Å². The third-order valence-corrected chi connectivity index (χ3v) is 4.99. The van der Waals surface area contributed by atoms with E-state index in [0.717, 1.165) is 36.3 Å². The smallest absolute Gasteiger partial charge is 0.246 e. The number of benzene rings is 2. The number of hydrogen-bond donors (Lipinski definition) is 2. The van der Waals surface area contributed by atoms with E-state index in [-0.39, 0.29) is 24.0 Å². The van der Waals surface area contributed by atoms with E-state index in [2.05, 4.69) is 10.2 Å². The average molecular weight is 338 g/mol. The fourth-order valence-electron chi connectivity index (χ4n) is 3.45. The van der Waals surface area contributed by atoms with Gasteiger partial charge < -0.3 is 10.4 Å². The quantitative estimate of drug-likeness (QED) is 0.879. The molecule has 0 aromatic heterocycles. The predicted molar refractivity (Wildman–Crippen MR) is 100 cm³/mol. The third kappa shape index (κ3) is 4.27. The second kappa shape index (κ2) is 7.81. The van der Waals surface area contributed by atoms with Gasteiger partial charge in [-0.1, -0.05) is 48.0 Å². The van der Waals surface area contributed by atoms with Crippen LogP contribution in [0, 0.1) is 12.8 Å². The molecule has 2 N–H and O–H groups in total. The lowest BCUT2D eigenvalue weighted by Gasteiger charge is -2.28. The molecule has 2 aromatic rings. The lowest BCUT2D eigenvalue weighted by atomic mass is 10.0. The van der Waals surface area contributed by atoms with Crippen molar-refractivity contribution in [2.75, 3.05) is 18.4 Å². The number of hydrogen-bond acceptors (Lipinski definition) is 3. The molecule has 0 spiro atoms. The molecule has 1 aliphatic heterocycles. The van der Waals surface area contributed by atoms with Crippen molar-refractivity contribution in [3.8, 4) is 0 Å². The molecule has 3 unspecified atom stereocenters. The summed E-state index contributed by atoms with van der Waals surface area (Å²) in [7, 11) is 0. The predicted octanol–water partition coefficient (Wildman–Crippen LogP) is 3.38. The van der Waals surface area contributed by atoms with Gasteiger partial charge in [-0.25, -0.2) is 0 Å². The molecule has 0 saturated carbocycles. The van der Waals surface area contributed by atoms with Crippen LogP contribution in [-0.4, -0.2) is 35.1 Å². The Kier molecular flexibility index (Phi) is 5.51. The molecule has 2 aromatic carbocycles. The first-order chi connectivity index (χ1) is 12.0. The van der Waals surface area contributed by atoms with E-state index in [1.807, 2.05) is 68.4 Å². The summed E-state index contributed by atoms with van der Waals surface area (Å²) >= 11 is 0. The van der Waals surface area contributed by atoms with Gasteiger partial charge in [0.1, 0.15) is 6.04 Å². The van der Waals surface area contributed by atoms with Gasteiger partial charge in [-0.3, -0.25) is 9.69 Å². The first-order valence-corrected chi connectivity index (χ1v) is 8.89. The second-order valence-corrected chi connectivity index (χ2v) is 6.95. The van der Waals surface area contributed by atoms with Gasteiger partial charge in [-0.05, 0) is 50.4 Å². The SMILES string of the molecule is Cc1ccc(NC(=O)C(c2ccccc2)N2CCC(C(C)O)C2)cc1. The third-order valence-electron chi connectivity index (χ3n) is 4.99. The zero-order valence-corrected chi connectivity index (χ0v) is 14.9. The van der Waals surface area contributed by atoms with Crippen LogP contribution in [0.25, 0.3) is 0 Å². The number of amides is 1. The molecular formula is C21H26N2O2. The molecule has 25 heavy (non-hydrogen) atoms. The zero-order valence-electron chi connectivity index (χ0n) is 14.9. The van der Waals surface area contributed by atoms with Gasteiger partial charge >= 0.3 is 0 Å². The average Bonchev–Trinajstić information content (AvgIpc) is 3.08. The molecule has 0 aliphatic carbocycles. The Labute approximate surface area is 149 Å². The highest BCUT2D eigenvalue weighted by atomic mass is 16.3. The Morgan fingerprint density at radius 1 is 1.16 bits per heavy atom. The van der Waals surface area contributed by atoms with Crippen LogP contribution in [0.4, 0.5) is 5.69 Å². The van der Waals surface area contributed by atoms with E-state index in [0.29, 0.717) is 0 Å². The summed E-state index contributed by atoms with van der Waals surface area (Å²) in [5.41, 5.74) is 2.96. The molecule has 4 heteroatoms. The van der Waals surface area contributed by atoms with Crippen molar-refractivity contribution in [3.63, 3.8) is 0 Å². The van der Waals surface area contributed by atoms with Crippen molar-refractivity contribution in [1.82, 2.24) is 4.90 Å². The minimum Gasteiger partial charge on any atom is -0.393 e. The fraction of sp³-hybridized carbons (Fsp3) is 0.381. The number of aryl methyl sites for hydroxylation is 1. The van der Waals surface area contributed by atoms with Crippen molar-refractivity contribution < 1.29 is 9.90 Å². The van der Waals surface area contributed by atoms with Crippen LogP contribution < -0.4 is 5.32 Å². The summed E-state index contributed by atoms with van der Waals surface area (Å²) in [6.45, 7) is 5.41. The number of aliphatic hydroxyl groups is 1. The van der Waals surface area contributed by atoms with Crippen molar-refractivity contribution in [1.29, 1.82) is 0 Å². The maximum absolute atomic E-state index is 13.0. The lowest BCUT2D eigenvalue weighted by molar-refractivity contribution is -0.121. The lowest BCUT2D eigenvalue weighted by Crippen LogP contribution is -2.36. The van der Waals surface area contributed by atoms with Crippen LogP contribution in [0.3, 0.4) is 0 Å². The fourth-order valence-corrected chi connectivity index (χ4v) is 3.45. The molecular weight excluding hydrogens is 312 g/mol. The Hall–Kier alpha value is -2.17. The van der Waals surface area contributed by atoms with Crippen LogP contribution in [-0.2, 0) is 4.79 Å². The summed E-state index contributed by atoms with van der Waals surface area (Å²) in [5.74, 6) is 0.194. The Balaban J connectivity index is 1.81. The van der Waals surface area contributed by atoms with Crippen molar-refractivity contribution in [2.45, 2.75) is 32.4 Å². The second-order valence-electron chi connectivity index (χ2n) is 6.95.